The Morgan fingerprint density at radius 1 is 1.27 bits per heavy atom. The summed E-state index contributed by atoms with van der Waals surface area (Å²) in [5.74, 6) is -1.07. The Bertz CT molecular complexity index is 753. The highest BCUT2D eigenvalue weighted by molar-refractivity contribution is 6.34. The molecule has 0 bridgehead atoms. The van der Waals surface area contributed by atoms with Crippen molar-refractivity contribution in [3.05, 3.63) is 51.0 Å². The quantitative estimate of drug-likeness (QED) is 0.486. The summed E-state index contributed by atoms with van der Waals surface area (Å²) in [5.41, 5.74) is 2.19. The average Bonchev–Trinajstić information content (AvgIpc) is 2.74. The molecule has 2 aromatic rings. The third-order valence-electron chi connectivity index (χ3n) is 3.42. The highest BCUT2D eigenvalue weighted by atomic mass is 35.5. The number of ether oxygens (including phenoxy) is 1. The first-order valence-electron chi connectivity index (χ1n) is 6.46. The smallest absolute Gasteiger partial charge is 0.359 e. The van der Waals surface area contributed by atoms with Gasteiger partial charge in [-0.15, -0.1) is 0 Å². The number of carbonyl (C=O) groups excluding carboxylic acids is 2. The van der Waals surface area contributed by atoms with Crippen LogP contribution >= 0.6 is 23.2 Å². The van der Waals surface area contributed by atoms with Crippen molar-refractivity contribution < 1.29 is 14.3 Å². The molecule has 116 valence electrons. The van der Waals surface area contributed by atoms with Crippen LogP contribution in [0.4, 0.5) is 0 Å². The lowest BCUT2D eigenvalue weighted by atomic mass is 10.1. The third kappa shape index (κ3) is 3.31. The fourth-order valence-electron chi connectivity index (χ4n) is 1.98. The van der Waals surface area contributed by atoms with E-state index in [0.29, 0.717) is 5.56 Å². The fourth-order valence-corrected chi connectivity index (χ4v) is 2.31. The highest BCUT2D eigenvalue weighted by Gasteiger charge is 2.19. The SMILES string of the molecule is Cc1cc(C(=O)COC(=O)c2nc(Cl)ccc2Cl)c(C)n1C. The Labute approximate surface area is 137 Å². The molecule has 0 aliphatic rings. The minimum Gasteiger partial charge on any atom is -0.453 e. The zero-order valence-electron chi connectivity index (χ0n) is 12.3. The lowest BCUT2D eigenvalue weighted by Crippen LogP contribution is -2.16. The Balaban J connectivity index is 2.09. The number of rotatable bonds is 4. The van der Waals surface area contributed by atoms with Crippen LogP contribution in [-0.4, -0.2) is 27.9 Å². The first kappa shape index (κ1) is 16.5. The first-order valence-corrected chi connectivity index (χ1v) is 7.22. The van der Waals surface area contributed by atoms with Crippen molar-refractivity contribution in [2.75, 3.05) is 6.61 Å². The molecule has 22 heavy (non-hydrogen) atoms. The molecule has 0 radical (unpaired) electrons. The Kier molecular flexibility index (Phi) is 4.88. The zero-order chi connectivity index (χ0) is 16.4. The number of hydrogen-bond donors (Lipinski definition) is 0. The van der Waals surface area contributed by atoms with Crippen LogP contribution in [0.15, 0.2) is 18.2 Å². The first-order chi connectivity index (χ1) is 10.3. The number of hydrogen-bond acceptors (Lipinski definition) is 4. The predicted octanol–water partition coefficient (Wildman–Crippen LogP) is 3.38. The van der Waals surface area contributed by atoms with E-state index in [9.17, 15) is 9.59 Å². The molecule has 0 saturated carbocycles. The molecule has 2 aromatic heterocycles. The van der Waals surface area contributed by atoms with E-state index < -0.39 is 5.97 Å². The second kappa shape index (κ2) is 6.50. The van der Waals surface area contributed by atoms with E-state index in [-0.39, 0.29) is 28.3 Å². The van der Waals surface area contributed by atoms with E-state index in [1.165, 1.54) is 12.1 Å². The summed E-state index contributed by atoms with van der Waals surface area (Å²) in [6.07, 6.45) is 0. The van der Waals surface area contributed by atoms with Crippen LogP contribution in [0, 0.1) is 13.8 Å². The normalized spacial score (nSPS) is 10.6. The van der Waals surface area contributed by atoms with Gasteiger partial charge in [0.15, 0.2) is 12.3 Å². The number of nitrogens with zero attached hydrogens (tertiary/aromatic N) is 2. The van der Waals surface area contributed by atoms with Gasteiger partial charge in [-0.25, -0.2) is 9.78 Å². The average molecular weight is 341 g/mol. The van der Waals surface area contributed by atoms with Crippen LogP contribution in [0.5, 0.6) is 0 Å². The predicted molar refractivity (Wildman–Crippen MR) is 83.8 cm³/mol. The van der Waals surface area contributed by atoms with E-state index in [1.807, 2.05) is 25.5 Å². The lowest BCUT2D eigenvalue weighted by Gasteiger charge is -2.06. The number of halogens is 2. The van der Waals surface area contributed by atoms with Gasteiger partial charge in [-0.2, -0.15) is 0 Å². The molecule has 0 N–H and O–H groups in total. The molecule has 2 rings (SSSR count). The molecule has 0 amide bonds. The summed E-state index contributed by atoms with van der Waals surface area (Å²) in [6, 6.07) is 4.66. The van der Waals surface area contributed by atoms with E-state index in [0.717, 1.165) is 11.4 Å². The number of pyridine rings is 1. The lowest BCUT2D eigenvalue weighted by molar-refractivity contribution is 0.0469. The molecule has 0 saturated heterocycles. The van der Waals surface area contributed by atoms with Crippen LogP contribution in [0.1, 0.15) is 32.2 Å². The summed E-state index contributed by atoms with van der Waals surface area (Å²) < 4.78 is 6.87. The van der Waals surface area contributed by atoms with Crippen molar-refractivity contribution in [1.82, 2.24) is 9.55 Å². The third-order valence-corrected chi connectivity index (χ3v) is 3.93. The van der Waals surface area contributed by atoms with Gasteiger partial charge in [0, 0.05) is 24.0 Å². The van der Waals surface area contributed by atoms with Gasteiger partial charge in [-0.1, -0.05) is 23.2 Å². The maximum atomic E-state index is 12.1. The van der Waals surface area contributed by atoms with Gasteiger partial charge >= 0.3 is 5.97 Å². The van der Waals surface area contributed by atoms with Crippen molar-refractivity contribution in [2.45, 2.75) is 13.8 Å². The summed E-state index contributed by atoms with van der Waals surface area (Å²) in [6.45, 7) is 3.34. The maximum Gasteiger partial charge on any atom is 0.359 e. The summed E-state index contributed by atoms with van der Waals surface area (Å²) in [4.78, 5) is 27.9. The summed E-state index contributed by atoms with van der Waals surface area (Å²) in [7, 11) is 1.86. The minimum atomic E-state index is -0.786. The topological polar surface area (TPSA) is 61.2 Å². The number of aromatic nitrogens is 2. The highest BCUT2D eigenvalue weighted by Crippen LogP contribution is 2.18. The number of Topliss-reactive ketones (excluding diaryl/α,β-unsaturated/α-hetero) is 1. The van der Waals surface area contributed by atoms with Gasteiger partial charge in [-0.3, -0.25) is 4.79 Å². The largest absolute Gasteiger partial charge is 0.453 e. The maximum absolute atomic E-state index is 12.1. The van der Waals surface area contributed by atoms with Gasteiger partial charge in [0.2, 0.25) is 5.78 Å². The number of carbonyl (C=O) groups is 2. The van der Waals surface area contributed by atoms with Crippen molar-refractivity contribution in [2.24, 2.45) is 7.05 Å². The molecule has 0 fully saturated rings. The van der Waals surface area contributed by atoms with Crippen molar-refractivity contribution in [1.29, 1.82) is 0 Å². The van der Waals surface area contributed by atoms with Crippen LogP contribution < -0.4 is 0 Å². The molecule has 0 aliphatic carbocycles. The second-order valence-corrected chi connectivity index (χ2v) is 5.60. The van der Waals surface area contributed by atoms with Crippen LogP contribution in [0.3, 0.4) is 0 Å². The summed E-state index contributed by atoms with van der Waals surface area (Å²) >= 11 is 11.6. The molecule has 5 nitrogen and oxygen atoms in total. The van der Waals surface area contributed by atoms with E-state index in [1.54, 1.807) is 6.07 Å². The van der Waals surface area contributed by atoms with E-state index in [4.69, 9.17) is 27.9 Å². The number of ketones is 1. The van der Waals surface area contributed by atoms with Crippen molar-refractivity contribution in [3.8, 4) is 0 Å². The number of aryl methyl sites for hydroxylation is 1. The fraction of sp³-hybridized carbons (Fsp3) is 0.267. The van der Waals surface area contributed by atoms with Crippen LogP contribution in [-0.2, 0) is 11.8 Å². The Morgan fingerprint density at radius 3 is 2.55 bits per heavy atom. The standard InChI is InChI=1S/C15H14Cl2N2O3/c1-8-6-10(9(2)19(8)3)12(20)7-22-15(21)14-11(16)4-5-13(17)18-14/h4-6H,7H2,1-3H3. The monoisotopic (exact) mass is 340 g/mol. The molecule has 7 heteroatoms. The minimum absolute atomic E-state index is 0.108. The summed E-state index contributed by atoms with van der Waals surface area (Å²) in [5, 5.41) is 0.241. The second-order valence-electron chi connectivity index (χ2n) is 4.81. The van der Waals surface area contributed by atoms with Crippen molar-refractivity contribution in [3.63, 3.8) is 0 Å². The molecular weight excluding hydrogens is 327 g/mol. The van der Waals surface area contributed by atoms with Gasteiger partial charge < -0.3 is 9.30 Å². The molecular formula is C15H14Cl2N2O3. The number of esters is 1. The Morgan fingerprint density at radius 2 is 1.95 bits per heavy atom. The van der Waals surface area contributed by atoms with Crippen LogP contribution in [0.2, 0.25) is 10.2 Å². The molecule has 0 aliphatic heterocycles. The van der Waals surface area contributed by atoms with Gasteiger partial charge in [-0.05, 0) is 32.0 Å². The van der Waals surface area contributed by atoms with E-state index in [2.05, 4.69) is 4.98 Å². The van der Waals surface area contributed by atoms with Crippen LogP contribution in [0.25, 0.3) is 0 Å². The molecule has 0 atom stereocenters. The van der Waals surface area contributed by atoms with Gasteiger partial charge in [0.05, 0.1) is 5.02 Å². The van der Waals surface area contributed by atoms with Gasteiger partial charge in [0.25, 0.3) is 0 Å². The van der Waals surface area contributed by atoms with Crippen molar-refractivity contribution >= 4 is 35.0 Å². The molecule has 2 heterocycles. The molecule has 0 unspecified atom stereocenters. The Hall–Kier alpha value is -1.85. The zero-order valence-corrected chi connectivity index (χ0v) is 13.8. The molecule has 0 spiro atoms. The van der Waals surface area contributed by atoms with E-state index >= 15 is 0 Å². The van der Waals surface area contributed by atoms with Gasteiger partial charge in [0.1, 0.15) is 5.15 Å². The molecule has 0 aromatic carbocycles.